The van der Waals surface area contributed by atoms with Gasteiger partial charge in [0.25, 0.3) is 11.7 Å². The van der Waals surface area contributed by atoms with Crippen molar-refractivity contribution in [2.24, 2.45) is 0 Å². The number of aromatic nitrogens is 4. The first-order valence-electron chi connectivity index (χ1n) is 6.59. The van der Waals surface area contributed by atoms with Gasteiger partial charge in [-0.15, -0.1) is 15.3 Å². The smallest absolute Gasteiger partial charge is 0.453 e. The first kappa shape index (κ1) is 16.2. The minimum Gasteiger partial charge on any atom is -0.497 e. The van der Waals surface area contributed by atoms with E-state index in [1.165, 1.54) is 0 Å². The van der Waals surface area contributed by atoms with Crippen LogP contribution >= 0.6 is 11.3 Å². The molecule has 1 aromatic carbocycles. The average molecular weight is 357 g/mol. The second-order valence-corrected chi connectivity index (χ2v) is 5.61. The van der Waals surface area contributed by atoms with Gasteiger partial charge >= 0.3 is 6.18 Å². The summed E-state index contributed by atoms with van der Waals surface area (Å²) in [4.78, 5) is 11.9. The Labute approximate surface area is 137 Å². The molecule has 0 bridgehead atoms. The van der Waals surface area contributed by atoms with Gasteiger partial charge in [0.2, 0.25) is 9.97 Å². The van der Waals surface area contributed by atoms with E-state index < -0.39 is 17.9 Å². The second kappa shape index (κ2) is 6.07. The predicted octanol–water partition coefficient (Wildman–Crippen LogP) is 2.14. The number of ether oxygens (including phenoxy) is 1. The second-order valence-electron chi connectivity index (χ2n) is 4.65. The molecular formula is C13H10F3N5O2S. The van der Waals surface area contributed by atoms with Crippen LogP contribution in [-0.4, -0.2) is 32.8 Å². The van der Waals surface area contributed by atoms with Crippen molar-refractivity contribution in [1.82, 2.24) is 25.1 Å². The van der Waals surface area contributed by atoms with E-state index in [9.17, 15) is 18.0 Å². The van der Waals surface area contributed by atoms with Crippen molar-refractivity contribution < 1.29 is 22.7 Å². The largest absolute Gasteiger partial charge is 0.497 e. The molecule has 0 aliphatic heterocycles. The lowest BCUT2D eigenvalue weighted by Gasteiger charge is -2.04. The van der Waals surface area contributed by atoms with E-state index in [0.717, 1.165) is 16.9 Å². The summed E-state index contributed by atoms with van der Waals surface area (Å²) in [5.74, 6) is -1.17. The molecule has 0 aliphatic rings. The zero-order valence-electron chi connectivity index (χ0n) is 12.2. The molecule has 3 aromatic rings. The minimum atomic E-state index is -4.69. The Morgan fingerprint density at radius 1 is 1.29 bits per heavy atom. The van der Waals surface area contributed by atoms with Crippen LogP contribution in [0.5, 0.6) is 5.75 Å². The van der Waals surface area contributed by atoms with Crippen molar-refractivity contribution in [1.29, 1.82) is 0 Å². The van der Waals surface area contributed by atoms with Crippen LogP contribution in [0.25, 0.3) is 4.96 Å². The molecule has 0 unspecified atom stereocenters. The summed E-state index contributed by atoms with van der Waals surface area (Å²) in [6.45, 7) is 0.203. The third-order valence-electron chi connectivity index (χ3n) is 3.05. The molecule has 0 radical (unpaired) electrons. The Morgan fingerprint density at radius 2 is 2.00 bits per heavy atom. The van der Waals surface area contributed by atoms with Gasteiger partial charge in [-0.3, -0.25) is 4.79 Å². The summed E-state index contributed by atoms with van der Waals surface area (Å²) in [6, 6.07) is 7.00. The Balaban J connectivity index is 1.73. The fraction of sp³-hybridized carbons (Fsp3) is 0.231. The van der Waals surface area contributed by atoms with Gasteiger partial charge < -0.3 is 10.1 Å². The summed E-state index contributed by atoms with van der Waals surface area (Å²) in [5, 5.41) is 12.5. The van der Waals surface area contributed by atoms with Crippen molar-refractivity contribution in [2.75, 3.05) is 7.11 Å². The van der Waals surface area contributed by atoms with Crippen molar-refractivity contribution in [3.05, 3.63) is 40.7 Å². The highest BCUT2D eigenvalue weighted by Crippen LogP contribution is 2.28. The van der Waals surface area contributed by atoms with Gasteiger partial charge in [0.1, 0.15) is 5.75 Å². The summed E-state index contributed by atoms with van der Waals surface area (Å²) >= 11 is 0.730. The molecule has 0 saturated heterocycles. The summed E-state index contributed by atoms with van der Waals surface area (Å²) in [5.41, 5.74) is 0.808. The van der Waals surface area contributed by atoms with Gasteiger partial charge in [-0.1, -0.05) is 23.5 Å². The topological polar surface area (TPSA) is 81.4 Å². The third-order valence-corrected chi connectivity index (χ3v) is 3.95. The van der Waals surface area contributed by atoms with Crippen LogP contribution in [0.15, 0.2) is 24.3 Å². The molecule has 7 nitrogen and oxygen atoms in total. The summed E-state index contributed by atoms with van der Waals surface area (Å²) in [6.07, 6.45) is -4.69. The van der Waals surface area contributed by atoms with E-state index in [1.807, 2.05) is 0 Å². The normalized spacial score (nSPS) is 11.7. The molecule has 11 heteroatoms. The van der Waals surface area contributed by atoms with Gasteiger partial charge in [-0.25, -0.2) is 0 Å². The first-order chi connectivity index (χ1) is 11.4. The quantitative estimate of drug-likeness (QED) is 0.774. The van der Waals surface area contributed by atoms with Crippen molar-refractivity contribution in [3.63, 3.8) is 0 Å². The van der Waals surface area contributed by atoms with Crippen molar-refractivity contribution in [3.8, 4) is 5.75 Å². The van der Waals surface area contributed by atoms with E-state index in [2.05, 4.69) is 20.6 Å². The number of amides is 1. The molecule has 0 saturated carbocycles. The molecule has 0 fully saturated rings. The van der Waals surface area contributed by atoms with Gasteiger partial charge in [-0.2, -0.15) is 17.7 Å². The van der Waals surface area contributed by atoms with E-state index in [4.69, 9.17) is 4.74 Å². The van der Waals surface area contributed by atoms with Crippen molar-refractivity contribution in [2.45, 2.75) is 12.7 Å². The molecule has 2 aromatic heterocycles. The Hall–Kier alpha value is -2.69. The van der Waals surface area contributed by atoms with Gasteiger partial charge in [-0.05, 0) is 17.7 Å². The Bertz CT molecular complexity index is 872. The number of nitrogens with one attached hydrogen (secondary N) is 1. The van der Waals surface area contributed by atoms with E-state index in [0.29, 0.717) is 10.3 Å². The number of carbonyl (C=O) groups is 1. The van der Waals surface area contributed by atoms with Crippen LogP contribution in [0.2, 0.25) is 0 Å². The molecular weight excluding hydrogens is 347 g/mol. The molecule has 126 valence electrons. The molecule has 3 rings (SSSR count). The van der Waals surface area contributed by atoms with Crippen LogP contribution in [0.3, 0.4) is 0 Å². The fourth-order valence-electron chi connectivity index (χ4n) is 1.89. The number of carbonyl (C=O) groups excluding carboxylic acids is 1. The number of methoxy groups -OCH3 is 1. The molecule has 0 atom stereocenters. The Morgan fingerprint density at radius 3 is 2.62 bits per heavy atom. The highest BCUT2D eigenvalue weighted by molar-refractivity contribution is 7.18. The zero-order valence-corrected chi connectivity index (χ0v) is 13.0. The van der Waals surface area contributed by atoms with Gasteiger partial charge in [0, 0.05) is 6.54 Å². The zero-order chi connectivity index (χ0) is 17.3. The summed E-state index contributed by atoms with van der Waals surface area (Å²) in [7, 11) is 1.54. The number of hydrogen-bond acceptors (Lipinski definition) is 6. The lowest BCUT2D eigenvalue weighted by atomic mass is 10.2. The van der Waals surface area contributed by atoms with Crippen LogP contribution in [0, 0.1) is 0 Å². The van der Waals surface area contributed by atoms with Gasteiger partial charge in [0.05, 0.1) is 7.11 Å². The SMILES string of the molecule is COc1ccc(CNC(=O)c2nn3c(C(F)(F)F)nnc3s2)cc1. The molecule has 24 heavy (non-hydrogen) atoms. The third kappa shape index (κ3) is 3.15. The number of alkyl halides is 3. The molecule has 1 amide bonds. The molecule has 0 spiro atoms. The first-order valence-corrected chi connectivity index (χ1v) is 7.40. The number of rotatable bonds is 4. The number of fused-ring (bicyclic) bond motifs is 1. The van der Waals surface area contributed by atoms with E-state index in [-0.39, 0.29) is 16.5 Å². The standard InChI is InChI=1S/C13H10F3N5O2S/c1-23-8-4-2-7(3-5-8)6-17-9(22)10-20-21-11(13(14,15)16)18-19-12(21)24-10/h2-5H,6H2,1H3,(H,17,22). The maximum absolute atomic E-state index is 12.7. The average Bonchev–Trinajstić information content (AvgIpc) is 3.12. The highest BCUT2D eigenvalue weighted by Gasteiger charge is 2.38. The predicted molar refractivity (Wildman–Crippen MR) is 77.8 cm³/mol. The maximum Gasteiger partial charge on any atom is 0.453 e. The highest BCUT2D eigenvalue weighted by atomic mass is 32.1. The van der Waals surface area contributed by atoms with Gasteiger partial charge in [0.15, 0.2) is 0 Å². The fourth-order valence-corrected chi connectivity index (χ4v) is 2.64. The molecule has 0 aliphatic carbocycles. The van der Waals surface area contributed by atoms with Crippen LogP contribution in [0.4, 0.5) is 13.2 Å². The number of hydrogen-bond donors (Lipinski definition) is 1. The maximum atomic E-state index is 12.7. The summed E-state index contributed by atoms with van der Waals surface area (Å²) < 4.78 is 43.7. The Kier molecular flexibility index (Phi) is 4.09. The van der Waals surface area contributed by atoms with Crippen LogP contribution in [-0.2, 0) is 12.7 Å². The lowest BCUT2D eigenvalue weighted by Crippen LogP contribution is -2.23. The van der Waals surface area contributed by atoms with E-state index in [1.54, 1.807) is 31.4 Å². The molecule has 1 N–H and O–H groups in total. The molecule has 2 heterocycles. The van der Waals surface area contributed by atoms with Crippen LogP contribution in [0.1, 0.15) is 21.2 Å². The monoisotopic (exact) mass is 357 g/mol. The number of benzene rings is 1. The number of halogens is 3. The van der Waals surface area contributed by atoms with Crippen LogP contribution < -0.4 is 10.1 Å². The van der Waals surface area contributed by atoms with E-state index >= 15 is 0 Å². The number of nitrogens with zero attached hydrogens (tertiary/aromatic N) is 4. The lowest BCUT2D eigenvalue weighted by molar-refractivity contribution is -0.146. The van der Waals surface area contributed by atoms with Crippen molar-refractivity contribution >= 4 is 22.2 Å². The minimum absolute atomic E-state index is 0.100.